The van der Waals surface area contributed by atoms with E-state index in [2.05, 4.69) is 5.32 Å². The quantitative estimate of drug-likeness (QED) is 0.861. The smallest absolute Gasteiger partial charge is 0.285 e. The molecule has 4 heteroatoms. The maximum atomic E-state index is 14.1. The number of hydrogen-bond acceptors (Lipinski definition) is 2. The Morgan fingerprint density at radius 2 is 2.00 bits per heavy atom. The van der Waals surface area contributed by atoms with Gasteiger partial charge in [0.15, 0.2) is 0 Å². The molecule has 1 unspecified atom stereocenters. The molecule has 112 valence electrons. The van der Waals surface area contributed by atoms with Crippen LogP contribution in [0.5, 0.6) is 0 Å². The second kappa shape index (κ2) is 7.14. The average molecular weight is 282 g/mol. The first-order chi connectivity index (χ1) is 9.58. The lowest BCUT2D eigenvalue weighted by molar-refractivity contribution is -0.0327. The number of piperidine rings is 1. The number of alkyl halides is 2. The zero-order chi connectivity index (χ0) is 14.4. The average Bonchev–Trinajstić information content (AvgIpc) is 2.47. The topological polar surface area (TPSA) is 15.3 Å². The summed E-state index contributed by atoms with van der Waals surface area (Å²) in [5.41, 5.74) is 0.0997. The molecule has 1 fully saturated rings. The summed E-state index contributed by atoms with van der Waals surface area (Å²) < 4.78 is 28.2. The summed E-state index contributed by atoms with van der Waals surface area (Å²) in [6.07, 6.45) is 4.60. The van der Waals surface area contributed by atoms with Gasteiger partial charge in [0.2, 0.25) is 0 Å². The molecule has 1 N–H and O–H groups in total. The Bertz CT molecular complexity index is 389. The second-order valence-corrected chi connectivity index (χ2v) is 5.74. The van der Waals surface area contributed by atoms with Gasteiger partial charge in [-0.05, 0) is 39.4 Å². The van der Waals surface area contributed by atoms with Crippen LogP contribution in [-0.2, 0) is 5.92 Å². The third-order valence-corrected chi connectivity index (χ3v) is 3.94. The highest BCUT2D eigenvalue weighted by Gasteiger charge is 2.32. The van der Waals surface area contributed by atoms with Crippen molar-refractivity contribution in [2.24, 2.45) is 0 Å². The SMILES string of the molecule is CN(CCC1CCCCN1)CC(F)(F)c1ccccc1. The second-order valence-electron chi connectivity index (χ2n) is 5.74. The lowest BCUT2D eigenvalue weighted by Crippen LogP contribution is -2.39. The molecule has 1 atom stereocenters. The van der Waals surface area contributed by atoms with Gasteiger partial charge in [-0.15, -0.1) is 0 Å². The van der Waals surface area contributed by atoms with Gasteiger partial charge >= 0.3 is 0 Å². The molecule has 0 bridgehead atoms. The number of hydrogen-bond donors (Lipinski definition) is 1. The lowest BCUT2D eigenvalue weighted by Gasteiger charge is -2.28. The largest absolute Gasteiger partial charge is 0.314 e. The highest BCUT2D eigenvalue weighted by molar-refractivity contribution is 5.20. The highest BCUT2D eigenvalue weighted by Crippen LogP contribution is 2.28. The normalized spacial score (nSPS) is 20.3. The molecular formula is C16H24F2N2. The molecule has 1 heterocycles. The molecule has 0 aliphatic carbocycles. The van der Waals surface area contributed by atoms with Gasteiger partial charge in [0.1, 0.15) is 0 Å². The maximum absolute atomic E-state index is 14.1. The number of rotatable bonds is 6. The van der Waals surface area contributed by atoms with Gasteiger partial charge in [0.05, 0.1) is 6.54 Å². The van der Waals surface area contributed by atoms with Crippen molar-refractivity contribution in [1.82, 2.24) is 10.2 Å². The fraction of sp³-hybridized carbons (Fsp3) is 0.625. The van der Waals surface area contributed by atoms with Crippen LogP contribution in [0.4, 0.5) is 8.78 Å². The van der Waals surface area contributed by atoms with E-state index in [9.17, 15) is 8.78 Å². The summed E-state index contributed by atoms with van der Waals surface area (Å²) in [5, 5.41) is 3.45. The maximum Gasteiger partial charge on any atom is 0.285 e. The van der Waals surface area contributed by atoms with E-state index in [1.165, 1.54) is 31.4 Å². The molecule has 2 nitrogen and oxygen atoms in total. The Kier molecular flexibility index (Phi) is 5.49. The van der Waals surface area contributed by atoms with Crippen LogP contribution in [-0.4, -0.2) is 37.6 Å². The van der Waals surface area contributed by atoms with Gasteiger partial charge in [-0.1, -0.05) is 36.8 Å². The van der Waals surface area contributed by atoms with Crippen LogP contribution in [0.3, 0.4) is 0 Å². The highest BCUT2D eigenvalue weighted by atomic mass is 19.3. The minimum atomic E-state index is -2.78. The van der Waals surface area contributed by atoms with Crippen LogP contribution in [0, 0.1) is 0 Å². The molecule has 1 aliphatic rings. The number of benzene rings is 1. The molecule has 0 radical (unpaired) electrons. The van der Waals surface area contributed by atoms with Gasteiger partial charge in [-0.3, -0.25) is 0 Å². The minimum absolute atomic E-state index is 0.0997. The van der Waals surface area contributed by atoms with E-state index in [0.29, 0.717) is 12.6 Å². The summed E-state index contributed by atoms with van der Waals surface area (Å²) >= 11 is 0. The van der Waals surface area contributed by atoms with Crippen LogP contribution in [0.15, 0.2) is 30.3 Å². The molecule has 0 spiro atoms. The number of halogens is 2. The van der Waals surface area contributed by atoms with Crippen molar-refractivity contribution < 1.29 is 8.78 Å². The summed E-state index contributed by atoms with van der Waals surface area (Å²) in [6.45, 7) is 1.55. The Morgan fingerprint density at radius 3 is 2.65 bits per heavy atom. The Labute approximate surface area is 120 Å². The van der Waals surface area contributed by atoms with E-state index in [4.69, 9.17) is 0 Å². The van der Waals surface area contributed by atoms with Gasteiger partial charge in [-0.25, -0.2) is 0 Å². The summed E-state index contributed by atoms with van der Waals surface area (Å²) in [6, 6.07) is 8.58. The summed E-state index contributed by atoms with van der Waals surface area (Å²) in [5.74, 6) is -2.78. The zero-order valence-electron chi connectivity index (χ0n) is 12.1. The van der Waals surface area contributed by atoms with E-state index >= 15 is 0 Å². The molecular weight excluding hydrogens is 258 g/mol. The van der Waals surface area contributed by atoms with Crippen molar-refractivity contribution in [1.29, 1.82) is 0 Å². The van der Waals surface area contributed by atoms with Gasteiger partial charge in [-0.2, -0.15) is 8.78 Å². The van der Waals surface area contributed by atoms with Crippen LogP contribution < -0.4 is 5.32 Å². The summed E-state index contributed by atoms with van der Waals surface area (Å²) in [4.78, 5) is 1.74. The molecule has 0 aromatic heterocycles. The molecule has 1 saturated heterocycles. The standard InChI is InChI=1S/C16H24F2N2/c1-20(12-10-15-9-5-6-11-19-15)13-16(17,18)14-7-3-2-4-8-14/h2-4,7-8,15,19H,5-6,9-13H2,1H3. The first kappa shape index (κ1) is 15.4. The van der Waals surface area contributed by atoms with E-state index in [-0.39, 0.29) is 12.1 Å². The van der Waals surface area contributed by atoms with Gasteiger partial charge in [0.25, 0.3) is 5.92 Å². The molecule has 0 amide bonds. The van der Waals surface area contributed by atoms with Crippen molar-refractivity contribution in [3.05, 3.63) is 35.9 Å². The van der Waals surface area contributed by atoms with Crippen LogP contribution in [0.25, 0.3) is 0 Å². The van der Waals surface area contributed by atoms with Gasteiger partial charge < -0.3 is 10.2 Å². The molecule has 1 aliphatic heterocycles. The van der Waals surface area contributed by atoms with E-state index in [1.807, 2.05) is 0 Å². The van der Waals surface area contributed by atoms with E-state index < -0.39 is 5.92 Å². The van der Waals surface area contributed by atoms with Crippen LogP contribution in [0.2, 0.25) is 0 Å². The third kappa shape index (κ3) is 4.53. The monoisotopic (exact) mass is 282 g/mol. The van der Waals surface area contributed by atoms with Crippen molar-refractivity contribution in [2.75, 3.05) is 26.7 Å². The number of likely N-dealkylation sites (N-methyl/N-ethyl adjacent to an activating group) is 1. The minimum Gasteiger partial charge on any atom is -0.314 e. The van der Waals surface area contributed by atoms with Crippen molar-refractivity contribution in [3.63, 3.8) is 0 Å². The van der Waals surface area contributed by atoms with Crippen molar-refractivity contribution in [3.8, 4) is 0 Å². The molecule has 20 heavy (non-hydrogen) atoms. The van der Waals surface area contributed by atoms with Gasteiger partial charge in [0, 0.05) is 11.6 Å². The predicted molar refractivity (Wildman–Crippen MR) is 78.1 cm³/mol. The molecule has 1 aromatic carbocycles. The number of nitrogens with one attached hydrogen (secondary N) is 1. The fourth-order valence-electron chi connectivity index (χ4n) is 2.74. The third-order valence-electron chi connectivity index (χ3n) is 3.94. The van der Waals surface area contributed by atoms with E-state index in [1.54, 1.807) is 30.1 Å². The fourth-order valence-corrected chi connectivity index (χ4v) is 2.74. The van der Waals surface area contributed by atoms with Crippen molar-refractivity contribution >= 4 is 0 Å². The van der Waals surface area contributed by atoms with Crippen LogP contribution >= 0.6 is 0 Å². The van der Waals surface area contributed by atoms with Crippen LogP contribution in [0.1, 0.15) is 31.2 Å². The van der Waals surface area contributed by atoms with E-state index in [0.717, 1.165) is 13.0 Å². The molecule has 1 aromatic rings. The molecule has 2 rings (SSSR count). The number of nitrogens with zero attached hydrogens (tertiary/aromatic N) is 1. The first-order valence-corrected chi connectivity index (χ1v) is 7.43. The Morgan fingerprint density at radius 1 is 1.25 bits per heavy atom. The summed E-state index contributed by atoms with van der Waals surface area (Å²) in [7, 11) is 1.78. The lowest BCUT2D eigenvalue weighted by atomic mass is 10.0. The predicted octanol–water partition coefficient (Wildman–Crippen LogP) is 3.24. The molecule has 0 saturated carbocycles. The first-order valence-electron chi connectivity index (χ1n) is 7.43. The Balaban J connectivity index is 1.79. The zero-order valence-corrected chi connectivity index (χ0v) is 12.1. The van der Waals surface area contributed by atoms with Crippen molar-refractivity contribution in [2.45, 2.75) is 37.6 Å². The Hall–Kier alpha value is -1.00.